The van der Waals surface area contributed by atoms with Gasteiger partial charge < -0.3 is 14.8 Å². The second-order valence-corrected chi connectivity index (χ2v) is 6.59. The van der Waals surface area contributed by atoms with Crippen molar-refractivity contribution in [3.05, 3.63) is 24.3 Å². The summed E-state index contributed by atoms with van der Waals surface area (Å²) in [6, 6.07) is 6.66. The number of benzene rings is 1. The van der Waals surface area contributed by atoms with Crippen LogP contribution in [0, 0.1) is 0 Å². The van der Waals surface area contributed by atoms with Gasteiger partial charge in [-0.05, 0) is 24.3 Å². The Morgan fingerprint density at radius 3 is 2.33 bits per heavy atom. The van der Waals surface area contributed by atoms with Crippen molar-refractivity contribution >= 4 is 10.0 Å². The molecule has 1 aromatic carbocycles. The first-order chi connectivity index (χ1) is 9.95. The highest BCUT2D eigenvalue weighted by molar-refractivity contribution is 7.89. The van der Waals surface area contributed by atoms with E-state index in [1.165, 1.54) is 12.1 Å². The van der Waals surface area contributed by atoms with Crippen LogP contribution in [0.4, 0.5) is 0 Å². The third-order valence-corrected chi connectivity index (χ3v) is 4.14. The smallest absolute Gasteiger partial charge is 0.240 e. The Bertz CT molecular complexity index is 500. The normalized spacial score (nSPS) is 11.8. The van der Waals surface area contributed by atoms with E-state index < -0.39 is 10.0 Å². The zero-order valence-electron chi connectivity index (χ0n) is 12.8. The van der Waals surface area contributed by atoms with Crippen molar-refractivity contribution in [2.75, 3.05) is 33.4 Å². The monoisotopic (exact) mass is 316 g/mol. The minimum Gasteiger partial charge on any atom is -0.491 e. The van der Waals surface area contributed by atoms with Crippen molar-refractivity contribution in [1.82, 2.24) is 10.0 Å². The average molecular weight is 316 g/mol. The molecular weight excluding hydrogens is 292 g/mol. The van der Waals surface area contributed by atoms with Crippen molar-refractivity contribution in [2.24, 2.45) is 0 Å². The number of hydrogen-bond donors (Lipinski definition) is 2. The Morgan fingerprint density at radius 1 is 1.10 bits per heavy atom. The molecule has 21 heavy (non-hydrogen) atoms. The molecule has 0 atom stereocenters. The minimum absolute atomic E-state index is 0.228. The summed E-state index contributed by atoms with van der Waals surface area (Å²) in [7, 11) is -1.87. The molecule has 0 aromatic heterocycles. The molecule has 0 aliphatic carbocycles. The molecule has 1 aromatic rings. The van der Waals surface area contributed by atoms with Gasteiger partial charge in [-0.2, -0.15) is 0 Å². The Hall–Kier alpha value is -1.15. The zero-order valence-corrected chi connectivity index (χ0v) is 13.6. The zero-order chi connectivity index (χ0) is 15.7. The van der Waals surface area contributed by atoms with Crippen LogP contribution in [0.15, 0.2) is 29.2 Å². The lowest BCUT2D eigenvalue weighted by atomic mass is 10.3. The molecule has 0 saturated carbocycles. The van der Waals surface area contributed by atoms with Crippen molar-refractivity contribution in [3.8, 4) is 5.75 Å². The number of ether oxygens (including phenoxy) is 2. The van der Waals surface area contributed by atoms with Crippen LogP contribution in [0.2, 0.25) is 0 Å². The van der Waals surface area contributed by atoms with Crippen LogP contribution in [0.3, 0.4) is 0 Å². The molecule has 0 radical (unpaired) electrons. The van der Waals surface area contributed by atoms with Gasteiger partial charge in [-0.1, -0.05) is 13.8 Å². The predicted molar refractivity (Wildman–Crippen MR) is 82.1 cm³/mol. The van der Waals surface area contributed by atoms with E-state index in [1.807, 2.05) is 13.8 Å². The highest BCUT2D eigenvalue weighted by Crippen LogP contribution is 2.15. The van der Waals surface area contributed by atoms with Gasteiger partial charge in [-0.3, -0.25) is 0 Å². The van der Waals surface area contributed by atoms with Crippen molar-refractivity contribution < 1.29 is 17.9 Å². The molecule has 0 unspecified atom stereocenters. The largest absolute Gasteiger partial charge is 0.491 e. The summed E-state index contributed by atoms with van der Waals surface area (Å²) in [5, 5.41) is 3.15. The second-order valence-electron chi connectivity index (χ2n) is 4.82. The number of nitrogens with one attached hydrogen (secondary N) is 2. The summed E-state index contributed by atoms with van der Waals surface area (Å²) in [4.78, 5) is 0.228. The quantitative estimate of drug-likeness (QED) is 0.630. The first-order valence-corrected chi connectivity index (χ1v) is 8.39. The molecular formula is C14H24N2O4S. The van der Waals surface area contributed by atoms with Gasteiger partial charge >= 0.3 is 0 Å². The summed E-state index contributed by atoms with van der Waals surface area (Å²) in [5.41, 5.74) is 0. The van der Waals surface area contributed by atoms with Crippen molar-refractivity contribution in [2.45, 2.75) is 24.8 Å². The molecule has 1 rings (SSSR count). The SMILES string of the molecule is COCCOc1ccc(S(=O)(=O)NCCNC(C)C)cc1. The van der Waals surface area contributed by atoms with Crippen LogP contribution in [0.5, 0.6) is 5.75 Å². The van der Waals surface area contributed by atoms with Gasteiger partial charge in [0.1, 0.15) is 12.4 Å². The van der Waals surface area contributed by atoms with Gasteiger partial charge in [-0.15, -0.1) is 0 Å². The van der Waals surface area contributed by atoms with Crippen LogP contribution in [0.1, 0.15) is 13.8 Å². The maximum atomic E-state index is 12.0. The fourth-order valence-corrected chi connectivity index (χ4v) is 2.62. The molecule has 0 heterocycles. The predicted octanol–water partition coefficient (Wildman–Crippen LogP) is 0.988. The summed E-state index contributed by atoms with van der Waals surface area (Å²) in [6.07, 6.45) is 0. The first kappa shape index (κ1) is 17.9. The van der Waals surface area contributed by atoms with Gasteiger partial charge in [0.2, 0.25) is 10.0 Å². The maximum Gasteiger partial charge on any atom is 0.240 e. The van der Waals surface area contributed by atoms with Gasteiger partial charge in [-0.25, -0.2) is 13.1 Å². The van der Waals surface area contributed by atoms with Gasteiger partial charge in [0.05, 0.1) is 11.5 Å². The van der Waals surface area contributed by atoms with E-state index in [1.54, 1.807) is 19.2 Å². The van der Waals surface area contributed by atoms with Gasteiger partial charge in [0, 0.05) is 26.2 Å². The summed E-state index contributed by atoms with van der Waals surface area (Å²) >= 11 is 0. The van der Waals surface area contributed by atoms with E-state index in [9.17, 15) is 8.42 Å². The number of sulfonamides is 1. The fraction of sp³-hybridized carbons (Fsp3) is 0.571. The lowest BCUT2D eigenvalue weighted by molar-refractivity contribution is 0.146. The molecule has 6 nitrogen and oxygen atoms in total. The van der Waals surface area contributed by atoms with E-state index in [2.05, 4.69) is 10.0 Å². The highest BCUT2D eigenvalue weighted by atomic mass is 32.2. The topological polar surface area (TPSA) is 76.7 Å². The number of rotatable bonds is 10. The van der Waals surface area contributed by atoms with Crippen LogP contribution in [-0.4, -0.2) is 47.9 Å². The third-order valence-electron chi connectivity index (χ3n) is 2.66. The Kier molecular flexibility index (Phi) is 7.66. The van der Waals surface area contributed by atoms with E-state index in [-0.39, 0.29) is 4.90 Å². The lowest BCUT2D eigenvalue weighted by Crippen LogP contribution is -2.34. The second kappa shape index (κ2) is 8.99. The maximum absolute atomic E-state index is 12.0. The molecule has 0 spiro atoms. The highest BCUT2D eigenvalue weighted by Gasteiger charge is 2.13. The molecule has 120 valence electrons. The van der Waals surface area contributed by atoms with Crippen LogP contribution < -0.4 is 14.8 Å². The van der Waals surface area contributed by atoms with Crippen LogP contribution in [0.25, 0.3) is 0 Å². The fourth-order valence-electron chi connectivity index (χ4n) is 1.59. The standard InChI is InChI=1S/C14H24N2O4S/c1-12(2)15-8-9-16-21(17,18)14-6-4-13(5-7-14)20-11-10-19-3/h4-7,12,15-16H,8-11H2,1-3H3. The molecule has 0 fully saturated rings. The lowest BCUT2D eigenvalue weighted by Gasteiger charge is -2.10. The van der Waals surface area contributed by atoms with E-state index >= 15 is 0 Å². The Balaban J connectivity index is 2.50. The third kappa shape index (κ3) is 6.90. The Morgan fingerprint density at radius 2 is 1.76 bits per heavy atom. The van der Waals surface area contributed by atoms with E-state index in [0.717, 1.165) is 0 Å². The molecule has 0 saturated heterocycles. The van der Waals surface area contributed by atoms with Gasteiger partial charge in [0.25, 0.3) is 0 Å². The van der Waals surface area contributed by atoms with Crippen molar-refractivity contribution in [3.63, 3.8) is 0 Å². The average Bonchev–Trinajstić information content (AvgIpc) is 2.44. The van der Waals surface area contributed by atoms with Gasteiger partial charge in [0.15, 0.2) is 0 Å². The molecule has 0 aliphatic rings. The summed E-state index contributed by atoms with van der Waals surface area (Å²) in [6.45, 7) is 5.89. The number of methoxy groups -OCH3 is 1. The number of hydrogen-bond acceptors (Lipinski definition) is 5. The van der Waals surface area contributed by atoms with E-state index in [0.29, 0.717) is 38.1 Å². The van der Waals surface area contributed by atoms with Crippen molar-refractivity contribution in [1.29, 1.82) is 0 Å². The summed E-state index contributed by atoms with van der Waals surface area (Å²) in [5.74, 6) is 0.618. The molecule has 0 bridgehead atoms. The van der Waals surface area contributed by atoms with E-state index in [4.69, 9.17) is 9.47 Å². The molecule has 0 aliphatic heterocycles. The summed E-state index contributed by atoms with van der Waals surface area (Å²) < 4.78 is 36.9. The van der Waals surface area contributed by atoms with Crippen LogP contribution >= 0.6 is 0 Å². The minimum atomic E-state index is -3.47. The molecule has 7 heteroatoms. The Labute approximate surface area is 126 Å². The van der Waals surface area contributed by atoms with Crippen LogP contribution in [-0.2, 0) is 14.8 Å². The molecule has 0 amide bonds. The molecule has 2 N–H and O–H groups in total. The first-order valence-electron chi connectivity index (χ1n) is 6.90.